The van der Waals surface area contributed by atoms with Gasteiger partial charge in [-0.2, -0.15) is 4.98 Å². The number of benzene rings is 2. The normalized spacial score (nSPS) is 16.0. The van der Waals surface area contributed by atoms with Crippen LogP contribution in [-0.4, -0.2) is 65.9 Å². The molecule has 3 aromatic rings. The molecule has 11 heteroatoms. The van der Waals surface area contributed by atoms with E-state index in [0.717, 1.165) is 18.8 Å². The first-order valence-corrected chi connectivity index (χ1v) is 12.8. The number of fused-ring (bicyclic) bond motifs is 2. The Kier molecular flexibility index (Phi) is 6.31. The summed E-state index contributed by atoms with van der Waals surface area (Å²) in [7, 11) is 1.63. The lowest BCUT2D eigenvalue weighted by Gasteiger charge is -2.35. The van der Waals surface area contributed by atoms with E-state index in [2.05, 4.69) is 38.2 Å². The van der Waals surface area contributed by atoms with Crippen LogP contribution in [0.25, 0.3) is 0 Å². The number of rotatable bonds is 7. The number of aliphatic imine (C=N–C) groups is 1. The molecule has 0 aliphatic carbocycles. The van der Waals surface area contributed by atoms with Crippen molar-refractivity contribution in [3.63, 3.8) is 0 Å². The molecular formula is C28H28N8O3. The predicted molar refractivity (Wildman–Crippen MR) is 151 cm³/mol. The van der Waals surface area contributed by atoms with Crippen LogP contribution >= 0.6 is 0 Å². The Morgan fingerprint density at radius 2 is 1.95 bits per heavy atom. The molecule has 3 aliphatic heterocycles. The Labute approximate surface area is 225 Å². The molecular weight excluding hydrogens is 496 g/mol. The van der Waals surface area contributed by atoms with Crippen LogP contribution in [0.2, 0.25) is 0 Å². The summed E-state index contributed by atoms with van der Waals surface area (Å²) in [5.74, 6) is 1.34. The number of carbonyl (C=O) groups is 2. The molecule has 39 heavy (non-hydrogen) atoms. The first-order valence-electron chi connectivity index (χ1n) is 12.8. The second-order valence-electron chi connectivity index (χ2n) is 9.35. The van der Waals surface area contributed by atoms with E-state index in [4.69, 9.17) is 9.72 Å². The van der Waals surface area contributed by atoms with Gasteiger partial charge in [-0.05, 0) is 49.2 Å². The number of methoxy groups -OCH3 is 1. The second kappa shape index (κ2) is 10.1. The van der Waals surface area contributed by atoms with Crippen molar-refractivity contribution in [2.75, 3.05) is 53.7 Å². The summed E-state index contributed by atoms with van der Waals surface area (Å²) in [4.78, 5) is 44.8. The van der Waals surface area contributed by atoms with Crippen molar-refractivity contribution in [1.82, 2.24) is 14.9 Å². The number of ether oxygens (including phenoxy) is 1. The zero-order valence-electron chi connectivity index (χ0n) is 21.6. The molecule has 0 atom stereocenters. The van der Waals surface area contributed by atoms with E-state index in [0.29, 0.717) is 59.2 Å². The van der Waals surface area contributed by atoms with Crippen molar-refractivity contribution in [3.8, 4) is 5.75 Å². The molecule has 0 unspecified atom stereocenters. The van der Waals surface area contributed by atoms with Crippen molar-refractivity contribution in [2.24, 2.45) is 4.99 Å². The minimum Gasteiger partial charge on any atom is -0.494 e. The molecule has 2 aromatic carbocycles. The Bertz CT molecular complexity index is 1500. The van der Waals surface area contributed by atoms with Crippen molar-refractivity contribution < 1.29 is 14.3 Å². The summed E-state index contributed by atoms with van der Waals surface area (Å²) in [6.07, 6.45) is 5.12. The minimum absolute atomic E-state index is 0.201. The molecule has 2 N–H and O–H groups in total. The van der Waals surface area contributed by atoms with Gasteiger partial charge in [0.25, 0.3) is 5.91 Å². The third-order valence-electron chi connectivity index (χ3n) is 6.93. The average molecular weight is 525 g/mol. The number of aromatic nitrogens is 2. The van der Waals surface area contributed by atoms with Gasteiger partial charge in [0, 0.05) is 43.3 Å². The fourth-order valence-corrected chi connectivity index (χ4v) is 5.04. The summed E-state index contributed by atoms with van der Waals surface area (Å²) < 4.78 is 5.67. The summed E-state index contributed by atoms with van der Waals surface area (Å²) >= 11 is 0. The number of guanidine groups is 1. The van der Waals surface area contributed by atoms with Gasteiger partial charge in [0.2, 0.25) is 17.8 Å². The summed E-state index contributed by atoms with van der Waals surface area (Å²) in [6, 6.07) is 13.3. The Morgan fingerprint density at radius 1 is 1.10 bits per heavy atom. The third kappa shape index (κ3) is 4.52. The highest BCUT2D eigenvalue weighted by atomic mass is 16.5. The quantitative estimate of drug-likeness (QED) is 0.447. The van der Waals surface area contributed by atoms with Gasteiger partial charge in [0.1, 0.15) is 11.3 Å². The van der Waals surface area contributed by atoms with Crippen molar-refractivity contribution in [1.29, 1.82) is 0 Å². The number of amides is 2. The zero-order chi connectivity index (χ0) is 26.9. The number of nitrogens with zero attached hydrogens (tertiary/aromatic N) is 6. The summed E-state index contributed by atoms with van der Waals surface area (Å²) in [6.45, 7) is 6.53. The fourth-order valence-electron chi connectivity index (χ4n) is 5.04. The predicted octanol–water partition coefficient (Wildman–Crippen LogP) is 3.92. The Balaban J connectivity index is 1.37. The van der Waals surface area contributed by atoms with Crippen LogP contribution in [0, 0.1) is 0 Å². The molecule has 1 saturated heterocycles. The third-order valence-corrected chi connectivity index (χ3v) is 6.93. The molecule has 1 aromatic heterocycles. The SMILES string of the molecule is C=CC(=O)Nc1cccc(N2C3=NCCN3C(=O)c3cnc(Nc4ccc(N5CCCC5)cc4OC)nc32)c1. The van der Waals surface area contributed by atoms with Crippen LogP contribution in [0.5, 0.6) is 5.75 Å². The van der Waals surface area contributed by atoms with Crippen LogP contribution < -0.4 is 25.2 Å². The van der Waals surface area contributed by atoms with E-state index >= 15 is 0 Å². The highest BCUT2D eigenvalue weighted by Gasteiger charge is 2.40. The number of hydrogen-bond acceptors (Lipinski definition) is 9. The molecule has 0 bridgehead atoms. The van der Waals surface area contributed by atoms with Crippen LogP contribution in [0.1, 0.15) is 23.2 Å². The molecule has 11 nitrogen and oxygen atoms in total. The number of carbonyl (C=O) groups excluding carboxylic acids is 2. The lowest BCUT2D eigenvalue weighted by Crippen LogP contribution is -2.48. The van der Waals surface area contributed by atoms with Crippen molar-refractivity contribution in [3.05, 3.63) is 66.9 Å². The second-order valence-corrected chi connectivity index (χ2v) is 9.35. The van der Waals surface area contributed by atoms with E-state index in [9.17, 15) is 9.59 Å². The van der Waals surface area contributed by atoms with Gasteiger partial charge < -0.3 is 20.3 Å². The first-order chi connectivity index (χ1) is 19.1. The van der Waals surface area contributed by atoms with Gasteiger partial charge in [-0.3, -0.25) is 24.4 Å². The van der Waals surface area contributed by atoms with Gasteiger partial charge in [0.15, 0.2) is 5.82 Å². The van der Waals surface area contributed by atoms with Crippen LogP contribution in [0.4, 0.5) is 34.5 Å². The molecule has 0 radical (unpaired) electrons. The molecule has 3 aliphatic rings. The van der Waals surface area contributed by atoms with Gasteiger partial charge in [0.05, 0.1) is 25.0 Å². The van der Waals surface area contributed by atoms with Crippen LogP contribution in [0.15, 0.2) is 66.3 Å². The van der Waals surface area contributed by atoms with E-state index in [-0.39, 0.29) is 11.8 Å². The van der Waals surface area contributed by atoms with Gasteiger partial charge in [-0.15, -0.1) is 0 Å². The topological polar surface area (TPSA) is 115 Å². The molecule has 1 fully saturated rings. The van der Waals surface area contributed by atoms with Crippen molar-refractivity contribution in [2.45, 2.75) is 12.8 Å². The van der Waals surface area contributed by atoms with Gasteiger partial charge >= 0.3 is 0 Å². The van der Waals surface area contributed by atoms with E-state index in [1.807, 2.05) is 29.2 Å². The zero-order valence-corrected chi connectivity index (χ0v) is 21.6. The molecule has 0 saturated carbocycles. The Morgan fingerprint density at radius 3 is 2.74 bits per heavy atom. The average Bonchev–Trinajstić information content (AvgIpc) is 3.67. The van der Waals surface area contributed by atoms with Crippen molar-refractivity contribution >= 4 is 52.3 Å². The maximum atomic E-state index is 13.3. The maximum Gasteiger partial charge on any atom is 0.266 e. The highest BCUT2D eigenvalue weighted by Crippen LogP contribution is 2.37. The highest BCUT2D eigenvalue weighted by molar-refractivity contribution is 6.21. The minimum atomic E-state index is -0.320. The van der Waals surface area contributed by atoms with Gasteiger partial charge in [-0.1, -0.05) is 12.6 Å². The van der Waals surface area contributed by atoms with E-state index in [1.165, 1.54) is 25.1 Å². The standard InChI is InChI=1S/C28H28N8O3/c1-3-24(37)31-18-7-6-8-20(15-18)36-25-21(26(38)35-14-11-29-28(35)36)17-30-27(33-25)32-22-10-9-19(16-23(22)39-2)34-12-4-5-13-34/h3,6-10,15-17H,1,4-5,11-14H2,2H3,(H,31,37)(H,30,32,33). The molecule has 198 valence electrons. The lowest BCUT2D eigenvalue weighted by atomic mass is 10.1. The van der Waals surface area contributed by atoms with Crippen LogP contribution in [-0.2, 0) is 4.79 Å². The monoisotopic (exact) mass is 524 g/mol. The molecule has 0 spiro atoms. The van der Waals surface area contributed by atoms with E-state index < -0.39 is 0 Å². The number of nitrogens with one attached hydrogen (secondary N) is 2. The Hall–Kier alpha value is -4.93. The lowest BCUT2D eigenvalue weighted by molar-refractivity contribution is -0.111. The molecule has 4 heterocycles. The van der Waals surface area contributed by atoms with Gasteiger partial charge in [-0.25, -0.2) is 4.98 Å². The molecule has 6 rings (SSSR count). The smallest absolute Gasteiger partial charge is 0.266 e. The fraction of sp³-hybridized carbons (Fsp3) is 0.250. The summed E-state index contributed by atoms with van der Waals surface area (Å²) in [5.41, 5.74) is 3.45. The van der Waals surface area contributed by atoms with Crippen LogP contribution in [0.3, 0.4) is 0 Å². The maximum absolute atomic E-state index is 13.3. The molecule has 2 amide bonds. The van der Waals surface area contributed by atoms with E-state index in [1.54, 1.807) is 24.1 Å². The number of hydrogen-bond donors (Lipinski definition) is 2. The number of anilines is 6. The summed E-state index contributed by atoms with van der Waals surface area (Å²) in [5, 5.41) is 6.04. The largest absolute Gasteiger partial charge is 0.494 e. The first kappa shape index (κ1) is 24.4.